The van der Waals surface area contributed by atoms with Gasteiger partial charge < -0.3 is 10.2 Å². The number of amides is 2. The standard InChI is InChI=1S/C28H31Cl2FN4O4S/c1-4-32-28(37)26(17-20-8-6-5-7-9-20)34(18-21-10-15-24(29)25(30)16-21)27(36)19-35(40(38,39)33(2)3)23-13-11-22(31)12-14-23/h5-16,26H,4,17-19H2,1-3H3,(H,32,37)/t26-/m0/s1. The maximum Gasteiger partial charge on any atom is 0.304 e. The molecule has 0 fully saturated rings. The second-order valence-electron chi connectivity index (χ2n) is 9.14. The Hall–Kier alpha value is -3.18. The van der Waals surface area contributed by atoms with Gasteiger partial charge in [-0.2, -0.15) is 12.7 Å². The Morgan fingerprint density at radius 2 is 1.57 bits per heavy atom. The third kappa shape index (κ3) is 7.94. The van der Waals surface area contributed by atoms with Gasteiger partial charge in [0.15, 0.2) is 0 Å². The number of halogens is 3. The zero-order valence-electron chi connectivity index (χ0n) is 22.4. The molecule has 0 saturated carbocycles. The highest BCUT2D eigenvalue weighted by Crippen LogP contribution is 2.25. The number of anilines is 1. The van der Waals surface area contributed by atoms with Gasteiger partial charge in [0.1, 0.15) is 18.4 Å². The molecular formula is C28H31Cl2FN4O4S. The smallest absolute Gasteiger partial charge is 0.304 e. The van der Waals surface area contributed by atoms with Gasteiger partial charge in [0.25, 0.3) is 0 Å². The molecule has 0 heterocycles. The molecule has 0 saturated heterocycles. The largest absolute Gasteiger partial charge is 0.355 e. The van der Waals surface area contributed by atoms with Crippen molar-refractivity contribution in [3.8, 4) is 0 Å². The van der Waals surface area contributed by atoms with Gasteiger partial charge in [-0.05, 0) is 54.4 Å². The predicted octanol–water partition coefficient (Wildman–Crippen LogP) is 4.52. The number of benzene rings is 3. The van der Waals surface area contributed by atoms with Gasteiger partial charge in [0.05, 0.1) is 15.7 Å². The van der Waals surface area contributed by atoms with Gasteiger partial charge in [0.2, 0.25) is 11.8 Å². The zero-order chi connectivity index (χ0) is 29.4. The number of likely N-dealkylation sites (N-methyl/N-ethyl adjacent to an activating group) is 1. The van der Waals surface area contributed by atoms with E-state index in [4.69, 9.17) is 23.2 Å². The first-order valence-corrected chi connectivity index (χ1v) is 14.6. The molecule has 8 nitrogen and oxygen atoms in total. The van der Waals surface area contributed by atoms with Crippen LogP contribution in [0.3, 0.4) is 0 Å². The lowest BCUT2D eigenvalue weighted by Crippen LogP contribution is -2.54. The molecule has 0 bridgehead atoms. The number of carbonyl (C=O) groups excluding carboxylic acids is 2. The van der Waals surface area contributed by atoms with E-state index >= 15 is 0 Å². The zero-order valence-corrected chi connectivity index (χ0v) is 24.7. The minimum atomic E-state index is -4.18. The van der Waals surface area contributed by atoms with Crippen LogP contribution in [-0.2, 0) is 32.8 Å². The normalized spacial score (nSPS) is 12.2. The fourth-order valence-electron chi connectivity index (χ4n) is 4.00. The fraction of sp³-hybridized carbons (Fsp3) is 0.286. The monoisotopic (exact) mass is 608 g/mol. The van der Waals surface area contributed by atoms with Crippen LogP contribution in [0.5, 0.6) is 0 Å². The van der Waals surface area contributed by atoms with E-state index in [1.54, 1.807) is 25.1 Å². The number of rotatable bonds is 12. The van der Waals surface area contributed by atoms with Crippen molar-refractivity contribution in [3.05, 3.63) is 99.8 Å². The van der Waals surface area contributed by atoms with Crippen molar-refractivity contribution in [1.29, 1.82) is 0 Å². The van der Waals surface area contributed by atoms with E-state index in [0.717, 1.165) is 26.3 Å². The maximum atomic E-state index is 14.0. The second kappa shape index (κ2) is 13.9. The van der Waals surface area contributed by atoms with Crippen molar-refractivity contribution in [2.45, 2.75) is 25.9 Å². The summed E-state index contributed by atoms with van der Waals surface area (Å²) in [6.45, 7) is 1.40. The van der Waals surface area contributed by atoms with Crippen molar-refractivity contribution >= 4 is 50.9 Å². The molecule has 2 amide bonds. The van der Waals surface area contributed by atoms with E-state index in [-0.39, 0.29) is 23.7 Å². The molecule has 0 spiro atoms. The van der Waals surface area contributed by atoms with Gasteiger partial charge in [0, 0.05) is 33.6 Å². The SMILES string of the molecule is CCNC(=O)[C@H](Cc1ccccc1)N(Cc1ccc(Cl)c(Cl)c1)C(=O)CN(c1ccc(F)cc1)S(=O)(=O)N(C)C. The third-order valence-electron chi connectivity index (χ3n) is 6.09. The molecule has 3 aromatic rings. The first-order chi connectivity index (χ1) is 18.9. The number of nitrogens with zero attached hydrogens (tertiary/aromatic N) is 3. The van der Waals surface area contributed by atoms with Crippen LogP contribution in [-0.4, -0.2) is 62.7 Å². The topological polar surface area (TPSA) is 90.0 Å². The fourth-order valence-corrected chi connectivity index (χ4v) is 5.38. The number of hydrogen-bond acceptors (Lipinski definition) is 4. The summed E-state index contributed by atoms with van der Waals surface area (Å²) in [5.41, 5.74) is 1.49. The average Bonchev–Trinajstić information content (AvgIpc) is 2.92. The summed E-state index contributed by atoms with van der Waals surface area (Å²) in [5.74, 6) is -1.60. The second-order valence-corrected chi connectivity index (χ2v) is 12.0. The van der Waals surface area contributed by atoms with Gasteiger partial charge in [-0.3, -0.25) is 9.59 Å². The summed E-state index contributed by atoms with van der Waals surface area (Å²) < 4.78 is 42.1. The first-order valence-electron chi connectivity index (χ1n) is 12.4. The minimum absolute atomic E-state index is 0.0520. The molecule has 0 unspecified atom stereocenters. The molecule has 0 aliphatic rings. The molecule has 0 aliphatic heterocycles. The van der Waals surface area contributed by atoms with Crippen molar-refractivity contribution in [3.63, 3.8) is 0 Å². The Kier molecular flexibility index (Phi) is 10.9. The quantitative estimate of drug-likeness (QED) is 0.327. The van der Waals surface area contributed by atoms with Crippen molar-refractivity contribution in [2.24, 2.45) is 0 Å². The van der Waals surface area contributed by atoms with E-state index in [1.165, 1.54) is 31.1 Å². The molecular weight excluding hydrogens is 578 g/mol. The first kappa shape index (κ1) is 31.3. The molecule has 0 aliphatic carbocycles. The molecule has 0 radical (unpaired) electrons. The summed E-state index contributed by atoms with van der Waals surface area (Å²) in [6, 6.07) is 17.8. The van der Waals surface area contributed by atoms with Crippen LogP contribution >= 0.6 is 23.2 Å². The van der Waals surface area contributed by atoms with Crippen LogP contribution in [0.25, 0.3) is 0 Å². The van der Waals surface area contributed by atoms with E-state index in [2.05, 4.69) is 5.32 Å². The summed E-state index contributed by atoms with van der Waals surface area (Å²) in [4.78, 5) is 28.7. The summed E-state index contributed by atoms with van der Waals surface area (Å²) in [5, 5.41) is 3.38. The lowest BCUT2D eigenvalue weighted by atomic mass is 10.0. The predicted molar refractivity (Wildman–Crippen MR) is 156 cm³/mol. The van der Waals surface area contributed by atoms with Gasteiger partial charge in [-0.15, -0.1) is 0 Å². The number of carbonyl (C=O) groups is 2. The van der Waals surface area contributed by atoms with E-state index < -0.39 is 40.4 Å². The third-order valence-corrected chi connectivity index (χ3v) is 8.65. The summed E-state index contributed by atoms with van der Waals surface area (Å²) in [6.07, 6.45) is 0.177. The highest BCUT2D eigenvalue weighted by atomic mass is 35.5. The van der Waals surface area contributed by atoms with E-state index in [9.17, 15) is 22.4 Å². The van der Waals surface area contributed by atoms with E-state index in [1.807, 2.05) is 30.3 Å². The lowest BCUT2D eigenvalue weighted by molar-refractivity contribution is -0.140. The molecule has 1 N–H and O–H groups in total. The Morgan fingerprint density at radius 3 is 2.15 bits per heavy atom. The number of nitrogens with one attached hydrogen (secondary N) is 1. The Balaban J connectivity index is 2.09. The van der Waals surface area contributed by atoms with Gasteiger partial charge in [-0.25, -0.2) is 8.70 Å². The Morgan fingerprint density at radius 1 is 0.925 bits per heavy atom. The maximum absolute atomic E-state index is 14.0. The van der Waals surface area contributed by atoms with Crippen LogP contribution in [0.15, 0.2) is 72.8 Å². The van der Waals surface area contributed by atoms with Gasteiger partial charge >= 0.3 is 10.2 Å². The Bertz CT molecular complexity index is 1420. The molecule has 3 aromatic carbocycles. The highest BCUT2D eigenvalue weighted by Gasteiger charge is 2.34. The highest BCUT2D eigenvalue weighted by molar-refractivity contribution is 7.90. The number of hydrogen-bond donors (Lipinski definition) is 1. The van der Waals surface area contributed by atoms with Crippen LogP contribution < -0.4 is 9.62 Å². The Labute approximate surface area is 244 Å². The van der Waals surface area contributed by atoms with Crippen molar-refractivity contribution < 1.29 is 22.4 Å². The molecule has 3 rings (SSSR count). The molecule has 0 aromatic heterocycles. The lowest BCUT2D eigenvalue weighted by Gasteiger charge is -2.34. The molecule has 40 heavy (non-hydrogen) atoms. The average molecular weight is 610 g/mol. The summed E-state index contributed by atoms with van der Waals surface area (Å²) >= 11 is 12.3. The molecule has 1 atom stereocenters. The van der Waals surface area contributed by atoms with E-state index in [0.29, 0.717) is 17.1 Å². The van der Waals surface area contributed by atoms with Crippen LogP contribution in [0.4, 0.5) is 10.1 Å². The van der Waals surface area contributed by atoms with Crippen LogP contribution in [0, 0.1) is 5.82 Å². The van der Waals surface area contributed by atoms with Crippen molar-refractivity contribution in [1.82, 2.24) is 14.5 Å². The van der Waals surface area contributed by atoms with Crippen LogP contribution in [0.1, 0.15) is 18.1 Å². The van der Waals surface area contributed by atoms with Gasteiger partial charge in [-0.1, -0.05) is 59.6 Å². The molecule has 214 valence electrons. The van der Waals surface area contributed by atoms with Crippen LogP contribution in [0.2, 0.25) is 10.0 Å². The van der Waals surface area contributed by atoms with Crippen molar-refractivity contribution in [2.75, 3.05) is 31.5 Å². The molecule has 12 heteroatoms. The summed E-state index contributed by atoms with van der Waals surface area (Å²) in [7, 11) is -1.52. The minimum Gasteiger partial charge on any atom is -0.355 e.